The van der Waals surface area contributed by atoms with Crippen molar-refractivity contribution in [2.45, 2.75) is 19.4 Å². The third-order valence-electron chi connectivity index (χ3n) is 6.06. The highest BCUT2D eigenvalue weighted by molar-refractivity contribution is 6.10. The van der Waals surface area contributed by atoms with Gasteiger partial charge in [-0.05, 0) is 35.7 Å². The number of carbonyl (C=O) groups excluding carboxylic acids is 1. The molecule has 0 spiro atoms. The molecule has 3 heterocycles. The van der Waals surface area contributed by atoms with Gasteiger partial charge < -0.3 is 19.7 Å². The monoisotopic (exact) mass is 451 g/mol. The second-order valence-electron chi connectivity index (χ2n) is 8.17. The molecule has 0 bridgehead atoms. The van der Waals surface area contributed by atoms with Crippen LogP contribution in [0, 0.1) is 11.6 Å². The van der Waals surface area contributed by atoms with Gasteiger partial charge in [-0.1, -0.05) is 24.3 Å². The van der Waals surface area contributed by atoms with Gasteiger partial charge in [0.05, 0.1) is 36.7 Å². The van der Waals surface area contributed by atoms with Crippen LogP contribution >= 0.6 is 0 Å². The van der Waals surface area contributed by atoms with Crippen LogP contribution < -0.4 is 0 Å². The van der Waals surface area contributed by atoms with Gasteiger partial charge in [0, 0.05) is 29.3 Å². The summed E-state index contributed by atoms with van der Waals surface area (Å²) in [6.07, 6.45) is 0.971. The van der Waals surface area contributed by atoms with E-state index in [2.05, 4.69) is 11.1 Å². The molecule has 2 N–H and O–H groups in total. The van der Waals surface area contributed by atoms with Crippen molar-refractivity contribution < 1.29 is 23.4 Å². The molecule has 5 rings (SSSR count). The molecule has 0 fully saturated rings. The Morgan fingerprint density at radius 1 is 1.18 bits per heavy atom. The molecule has 4 aromatic rings. The smallest absolute Gasteiger partial charge is 0.248 e. The summed E-state index contributed by atoms with van der Waals surface area (Å²) < 4.78 is 32.4. The van der Waals surface area contributed by atoms with Gasteiger partial charge in [0.15, 0.2) is 11.6 Å². The van der Waals surface area contributed by atoms with Crippen LogP contribution in [0.25, 0.3) is 21.8 Å². The molecule has 2 aromatic heterocycles. The van der Waals surface area contributed by atoms with Crippen LogP contribution in [0.4, 0.5) is 8.78 Å². The molecule has 1 aliphatic heterocycles. The summed E-state index contributed by atoms with van der Waals surface area (Å²) in [7, 11) is 0. The number of carbonyl (C=O) groups is 1. The zero-order valence-corrected chi connectivity index (χ0v) is 17.9. The molecule has 6 nitrogen and oxygen atoms in total. The lowest BCUT2D eigenvalue weighted by Crippen LogP contribution is -2.39. The van der Waals surface area contributed by atoms with Gasteiger partial charge in [-0.3, -0.25) is 9.78 Å². The van der Waals surface area contributed by atoms with Gasteiger partial charge in [-0.25, -0.2) is 8.78 Å². The highest BCUT2D eigenvalue weighted by atomic mass is 19.2. The first-order chi connectivity index (χ1) is 16.0. The number of amides is 1. The molecule has 8 heteroatoms. The van der Waals surface area contributed by atoms with E-state index in [0.29, 0.717) is 31.5 Å². The summed E-state index contributed by atoms with van der Waals surface area (Å²) in [5.41, 5.74) is 5.08. The van der Waals surface area contributed by atoms with E-state index < -0.39 is 11.6 Å². The second kappa shape index (κ2) is 8.88. The number of rotatable bonds is 6. The molecule has 0 aliphatic carbocycles. The molecule has 1 amide bonds. The van der Waals surface area contributed by atoms with Crippen LogP contribution in [0.5, 0.6) is 0 Å². The number of H-pyrrole nitrogens is 1. The molecule has 0 unspecified atom stereocenters. The van der Waals surface area contributed by atoms with Crippen LogP contribution in [0.15, 0.2) is 42.5 Å². The summed E-state index contributed by atoms with van der Waals surface area (Å²) in [6, 6.07) is 11.9. The number of para-hydroxylation sites is 1. The predicted molar refractivity (Wildman–Crippen MR) is 120 cm³/mol. The zero-order chi connectivity index (χ0) is 22.9. The van der Waals surface area contributed by atoms with E-state index in [9.17, 15) is 13.6 Å². The third-order valence-corrected chi connectivity index (χ3v) is 6.06. The van der Waals surface area contributed by atoms with Crippen LogP contribution in [-0.2, 0) is 28.9 Å². The number of hydrogen-bond acceptors (Lipinski definition) is 4. The molecule has 2 aromatic carbocycles. The van der Waals surface area contributed by atoms with Crippen molar-refractivity contribution in [1.29, 1.82) is 0 Å². The van der Waals surface area contributed by atoms with Crippen molar-refractivity contribution >= 4 is 27.7 Å². The van der Waals surface area contributed by atoms with Crippen LogP contribution in [-0.4, -0.2) is 52.2 Å². The Labute approximate surface area is 188 Å². The fourth-order valence-corrected chi connectivity index (χ4v) is 4.51. The van der Waals surface area contributed by atoms with Gasteiger partial charge in [-0.2, -0.15) is 0 Å². The van der Waals surface area contributed by atoms with Crippen LogP contribution in [0.1, 0.15) is 22.5 Å². The van der Waals surface area contributed by atoms with E-state index in [1.807, 2.05) is 18.2 Å². The number of nitrogens with one attached hydrogen (secondary N) is 1. The van der Waals surface area contributed by atoms with Crippen molar-refractivity contribution in [3.63, 3.8) is 0 Å². The Morgan fingerprint density at radius 3 is 2.85 bits per heavy atom. The number of aromatic amines is 1. The lowest BCUT2D eigenvalue weighted by Gasteiger charge is -2.29. The standard InChI is InChI=1S/C25H23F2N3O3/c26-18-6-5-15(11-19(18)27)12-21-25-24(16-3-1-2-4-20(16)29-25)17-7-8-30(13-22(17)28-21)23(32)14-33-10-9-31/h1-6,11,29,31H,7-10,12-14H2. The molecule has 0 atom stereocenters. The molecular formula is C25H23F2N3O3. The maximum atomic E-state index is 13.8. The van der Waals surface area contributed by atoms with Gasteiger partial charge in [-0.15, -0.1) is 0 Å². The molecular weight excluding hydrogens is 428 g/mol. The molecule has 33 heavy (non-hydrogen) atoms. The summed E-state index contributed by atoms with van der Waals surface area (Å²) >= 11 is 0. The van der Waals surface area contributed by atoms with Gasteiger partial charge in [0.1, 0.15) is 6.61 Å². The summed E-state index contributed by atoms with van der Waals surface area (Å²) in [5.74, 6) is -1.93. The number of benzene rings is 2. The van der Waals surface area contributed by atoms with Gasteiger partial charge in [0.25, 0.3) is 0 Å². The maximum Gasteiger partial charge on any atom is 0.248 e. The number of fused-ring (bicyclic) bond motifs is 5. The number of pyridine rings is 1. The number of ether oxygens (including phenoxy) is 1. The number of aromatic nitrogens is 2. The number of hydrogen-bond donors (Lipinski definition) is 2. The highest BCUT2D eigenvalue weighted by Gasteiger charge is 2.26. The fourth-order valence-electron chi connectivity index (χ4n) is 4.51. The minimum absolute atomic E-state index is 0.0903. The highest BCUT2D eigenvalue weighted by Crippen LogP contribution is 2.35. The SMILES string of the molecule is O=C(COCCO)N1CCc2c(nc(Cc3ccc(F)c(F)c3)c3[nH]c4ccccc4c23)C1. The Kier molecular flexibility index (Phi) is 5.78. The first-order valence-corrected chi connectivity index (χ1v) is 10.9. The number of aliphatic hydroxyl groups is 1. The summed E-state index contributed by atoms with van der Waals surface area (Å²) in [4.78, 5) is 22.6. The lowest BCUT2D eigenvalue weighted by molar-refractivity contribution is -0.137. The quantitative estimate of drug-likeness (QED) is 0.440. The van der Waals surface area contributed by atoms with E-state index in [4.69, 9.17) is 14.8 Å². The Balaban J connectivity index is 1.57. The second-order valence-corrected chi connectivity index (χ2v) is 8.17. The third kappa shape index (κ3) is 4.07. The average molecular weight is 451 g/mol. The topological polar surface area (TPSA) is 78.5 Å². The lowest BCUT2D eigenvalue weighted by atomic mass is 9.96. The van der Waals surface area contributed by atoms with Gasteiger partial charge >= 0.3 is 0 Å². The molecule has 0 saturated heterocycles. The minimum atomic E-state index is -0.891. The minimum Gasteiger partial charge on any atom is -0.394 e. The zero-order valence-electron chi connectivity index (χ0n) is 17.9. The first-order valence-electron chi connectivity index (χ1n) is 10.9. The normalized spacial score (nSPS) is 13.6. The van der Waals surface area contributed by atoms with E-state index in [-0.39, 0.29) is 25.7 Å². The predicted octanol–water partition coefficient (Wildman–Crippen LogP) is 3.48. The Bertz CT molecular complexity index is 1350. The van der Waals surface area contributed by atoms with E-state index in [1.165, 1.54) is 6.07 Å². The molecule has 0 saturated carbocycles. The summed E-state index contributed by atoms with van der Waals surface area (Å²) in [5, 5.41) is 11.0. The number of aliphatic hydroxyl groups excluding tert-OH is 1. The van der Waals surface area contributed by atoms with Crippen molar-refractivity contribution in [3.8, 4) is 0 Å². The molecule has 1 aliphatic rings. The van der Waals surface area contributed by atoms with E-state index in [0.717, 1.165) is 44.8 Å². The molecule has 0 radical (unpaired) electrons. The van der Waals surface area contributed by atoms with Crippen molar-refractivity contribution in [3.05, 3.63) is 76.6 Å². The summed E-state index contributed by atoms with van der Waals surface area (Å²) in [6.45, 7) is 0.781. The van der Waals surface area contributed by atoms with E-state index >= 15 is 0 Å². The van der Waals surface area contributed by atoms with Crippen LogP contribution in [0.2, 0.25) is 0 Å². The largest absolute Gasteiger partial charge is 0.394 e. The Hall–Kier alpha value is -3.36. The maximum absolute atomic E-state index is 13.8. The average Bonchev–Trinajstić information content (AvgIpc) is 3.21. The fraction of sp³-hybridized carbons (Fsp3) is 0.280. The van der Waals surface area contributed by atoms with Crippen LogP contribution in [0.3, 0.4) is 0 Å². The number of nitrogens with zero attached hydrogens (tertiary/aromatic N) is 2. The van der Waals surface area contributed by atoms with Gasteiger partial charge in [0.2, 0.25) is 5.91 Å². The number of halogens is 2. The van der Waals surface area contributed by atoms with E-state index in [1.54, 1.807) is 11.0 Å². The van der Waals surface area contributed by atoms with Crippen molar-refractivity contribution in [2.24, 2.45) is 0 Å². The van der Waals surface area contributed by atoms with Crippen molar-refractivity contribution in [1.82, 2.24) is 14.9 Å². The first kappa shape index (κ1) is 21.5. The van der Waals surface area contributed by atoms with Crippen molar-refractivity contribution in [2.75, 3.05) is 26.4 Å². The molecule has 170 valence electrons. The Morgan fingerprint density at radius 2 is 2.03 bits per heavy atom.